The Morgan fingerprint density at radius 3 is 2.55 bits per heavy atom. The summed E-state index contributed by atoms with van der Waals surface area (Å²) < 4.78 is 25.7. The maximum absolute atomic E-state index is 12.0. The smallest absolute Gasteiger partial charge is 0.259 e. The largest absolute Gasteiger partial charge is 0.353 e. The molecular weight excluding hydrogens is 150 g/mol. The van der Waals surface area contributed by atoms with Gasteiger partial charge in [0.25, 0.3) is 6.43 Å². The lowest BCUT2D eigenvalue weighted by Gasteiger charge is -2.10. The Hall–Kier alpha value is -0.900. The van der Waals surface area contributed by atoms with Gasteiger partial charge in [-0.1, -0.05) is 0 Å². The molecule has 0 saturated heterocycles. The van der Waals surface area contributed by atoms with Gasteiger partial charge in [0.2, 0.25) is 0 Å². The number of nitrogens with two attached hydrogens (primary N) is 1. The highest BCUT2D eigenvalue weighted by atomic mass is 19.3. The molecule has 0 unspecified atom stereocenters. The third-order valence-corrected chi connectivity index (χ3v) is 1.60. The Labute approximate surface area is 63.6 Å². The fourth-order valence-electron chi connectivity index (χ4n) is 0.950. The Morgan fingerprint density at radius 2 is 2.18 bits per heavy atom. The molecule has 4 heteroatoms. The van der Waals surface area contributed by atoms with E-state index in [-0.39, 0.29) is 0 Å². The van der Waals surface area contributed by atoms with Crippen LogP contribution >= 0.6 is 0 Å². The van der Waals surface area contributed by atoms with Gasteiger partial charge in [0.15, 0.2) is 0 Å². The van der Waals surface area contributed by atoms with Gasteiger partial charge in [0.05, 0.1) is 0 Å². The molecule has 0 fully saturated rings. The van der Waals surface area contributed by atoms with Crippen molar-refractivity contribution in [3.8, 4) is 0 Å². The fourth-order valence-corrected chi connectivity index (χ4v) is 0.950. The Morgan fingerprint density at radius 1 is 1.55 bits per heavy atom. The van der Waals surface area contributed by atoms with Crippen LogP contribution in [-0.2, 0) is 7.05 Å². The number of alkyl halides is 2. The monoisotopic (exact) mass is 160 g/mol. The van der Waals surface area contributed by atoms with Crippen LogP contribution in [0.3, 0.4) is 0 Å². The summed E-state index contributed by atoms with van der Waals surface area (Å²) in [6.07, 6.45) is -0.805. The van der Waals surface area contributed by atoms with Crippen molar-refractivity contribution in [2.24, 2.45) is 12.8 Å². The highest BCUT2D eigenvalue weighted by Gasteiger charge is 2.18. The molecule has 0 amide bonds. The first-order valence-electron chi connectivity index (χ1n) is 3.28. The van der Waals surface area contributed by atoms with Gasteiger partial charge in [-0.2, -0.15) is 0 Å². The lowest BCUT2D eigenvalue weighted by molar-refractivity contribution is 0.113. The third-order valence-electron chi connectivity index (χ3n) is 1.60. The van der Waals surface area contributed by atoms with Gasteiger partial charge in [-0.05, 0) is 12.1 Å². The van der Waals surface area contributed by atoms with Crippen molar-refractivity contribution < 1.29 is 8.78 Å². The van der Waals surface area contributed by atoms with Crippen LogP contribution < -0.4 is 5.73 Å². The molecule has 11 heavy (non-hydrogen) atoms. The highest BCUT2D eigenvalue weighted by molar-refractivity contribution is 5.11. The summed E-state index contributed by atoms with van der Waals surface area (Å²) in [5.41, 5.74) is 5.67. The quantitative estimate of drug-likeness (QED) is 0.694. The minimum Gasteiger partial charge on any atom is -0.353 e. The second-order valence-electron chi connectivity index (χ2n) is 2.40. The molecule has 0 bridgehead atoms. The van der Waals surface area contributed by atoms with Crippen molar-refractivity contribution in [1.82, 2.24) is 4.57 Å². The molecule has 0 aromatic carbocycles. The van der Waals surface area contributed by atoms with E-state index in [0.717, 1.165) is 0 Å². The number of hydrogen-bond donors (Lipinski definition) is 1. The number of rotatable bonds is 2. The first-order valence-corrected chi connectivity index (χ1v) is 3.28. The minimum absolute atomic E-state index is 0.458. The van der Waals surface area contributed by atoms with Crippen LogP contribution in [-0.4, -0.2) is 11.0 Å². The Balaban J connectivity index is 2.84. The summed E-state index contributed by atoms with van der Waals surface area (Å²) in [6, 6.07) is 2.11. The van der Waals surface area contributed by atoms with Crippen molar-refractivity contribution in [2.75, 3.05) is 0 Å². The lowest BCUT2D eigenvalue weighted by Crippen LogP contribution is -2.21. The molecule has 0 radical (unpaired) electrons. The van der Waals surface area contributed by atoms with Gasteiger partial charge >= 0.3 is 0 Å². The van der Waals surface area contributed by atoms with Crippen LogP contribution in [0.2, 0.25) is 0 Å². The van der Waals surface area contributed by atoms with Crippen LogP contribution in [0, 0.1) is 0 Å². The maximum atomic E-state index is 12.0. The van der Waals surface area contributed by atoms with E-state index in [1.54, 1.807) is 29.9 Å². The average molecular weight is 160 g/mol. The summed E-state index contributed by atoms with van der Waals surface area (Å²) >= 11 is 0. The first kappa shape index (κ1) is 8.20. The zero-order valence-electron chi connectivity index (χ0n) is 6.17. The van der Waals surface area contributed by atoms with E-state index in [4.69, 9.17) is 5.73 Å². The second kappa shape index (κ2) is 3.00. The van der Waals surface area contributed by atoms with Gasteiger partial charge in [-0.3, -0.25) is 0 Å². The van der Waals surface area contributed by atoms with Crippen LogP contribution in [0.4, 0.5) is 8.78 Å². The van der Waals surface area contributed by atoms with Gasteiger partial charge in [0, 0.05) is 18.9 Å². The summed E-state index contributed by atoms with van der Waals surface area (Å²) in [6.45, 7) is 0. The third kappa shape index (κ3) is 1.57. The molecule has 1 atom stereocenters. The normalized spacial score (nSPS) is 13.9. The standard InChI is InChI=1S/C7H10F2N2/c1-11-4-2-3-5(11)6(10)7(8)9/h2-4,6-7H,10H2,1H3/t6-/m0/s1. The first-order chi connectivity index (χ1) is 5.13. The summed E-state index contributed by atoms with van der Waals surface area (Å²) in [5.74, 6) is 0. The molecule has 0 spiro atoms. The number of aromatic nitrogens is 1. The molecular formula is C7H10F2N2. The van der Waals surface area contributed by atoms with E-state index in [1.807, 2.05) is 0 Å². The molecule has 2 N–H and O–H groups in total. The van der Waals surface area contributed by atoms with Gasteiger partial charge in [-0.15, -0.1) is 0 Å². The van der Waals surface area contributed by atoms with Crippen molar-refractivity contribution in [3.63, 3.8) is 0 Å². The molecule has 2 nitrogen and oxygen atoms in total. The van der Waals surface area contributed by atoms with Gasteiger partial charge in [-0.25, -0.2) is 8.78 Å². The number of hydrogen-bond acceptors (Lipinski definition) is 1. The van der Waals surface area contributed by atoms with Crippen LogP contribution in [0.15, 0.2) is 18.3 Å². The lowest BCUT2D eigenvalue weighted by atomic mass is 10.2. The Bertz CT molecular complexity index is 232. The predicted octanol–water partition coefficient (Wildman–Crippen LogP) is 1.29. The zero-order valence-corrected chi connectivity index (χ0v) is 6.17. The number of aryl methyl sites for hydroxylation is 1. The Kier molecular flexibility index (Phi) is 2.24. The molecule has 0 saturated carbocycles. The van der Waals surface area contributed by atoms with Crippen LogP contribution in [0.25, 0.3) is 0 Å². The van der Waals surface area contributed by atoms with Crippen LogP contribution in [0.1, 0.15) is 11.7 Å². The topological polar surface area (TPSA) is 30.9 Å². The summed E-state index contributed by atoms with van der Waals surface area (Å²) in [4.78, 5) is 0. The number of halogens is 2. The molecule has 62 valence electrons. The minimum atomic E-state index is -2.50. The highest BCUT2D eigenvalue weighted by Crippen LogP contribution is 2.16. The van der Waals surface area contributed by atoms with Crippen molar-refractivity contribution in [2.45, 2.75) is 12.5 Å². The molecule has 1 aromatic heterocycles. The van der Waals surface area contributed by atoms with Crippen molar-refractivity contribution in [1.29, 1.82) is 0 Å². The van der Waals surface area contributed by atoms with E-state index < -0.39 is 12.5 Å². The summed E-state index contributed by atoms with van der Waals surface area (Å²) in [7, 11) is 1.69. The van der Waals surface area contributed by atoms with E-state index >= 15 is 0 Å². The van der Waals surface area contributed by atoms with E-state index in [2.05, 4.69) is 0 Å². The molecule has 0 aliphatic heterocycles. The molecule has 1 rings (SSSR count). The summed E-state index contributed by atoms with van der Waals surface area (Å²) in [5, 5.41) is 0. The van der Waals surface area contributed by atoms with Crippen molar-refractivity contribution in [3.05, 3.63) is 24.0 Å². The average Bonchev–Trinajstić information content (AvgIpc) is 2.33. The van der Waals surface area contributed by atoms with Gasteiger partial charge < -0.3 is 10.3 Å². The zero-order chi connectivity index (χ0) is 8.43. The molecule has 0 aliphatic rings. The maximum Gasteiger partial charge on any atom is 0.259 e. The predicted molar refractivity (Wildman–Crippen MR) is 38.3 cm³/mol. The van der Waals surface area contributed by atoms with Crippen LogP contribution in [0.5, 0.6) is 0 Å². The van der Waals surface area contributed by atoms with E-state index in [0.29, 0.717) is 5.69 Å². The molecule has 0 aliphatic carbocycles. The molecule has 1 heterocycles. The second-order valence-corrected chi connectivity index (χ2v) is 2.40. The van der Waals surface area contributed by atoms with E-state index in [9.17, 15) is 8.78 Å². The number of nitrogens with zero attached hydrogens (tertiary/aromatic N) is 1. The van der Waals surface area contributed by atoms with Crippen molar-refractivity contribution >= 4 is 0 Å². The van der Waals surface area contributed by atoms with Gasteiger partial charge in [0.1, 0.15) is 6.04 Å². The fraction of sp³-hybridized carbons (Fsp3) is 0.429. The SMILES string of the molecule is Cn1cccc1[C@H](N)C(F)F. The molecule has 1 aromatic rings. The van der Waals surface area contributed by atoms with E-state index in [1.165, 1.54) is 0 Å².